The van der Waals surface area contributed by atoms with Crippen LogP contribution in [0.2, 0.25) is 0 Å². The summed E-state index contributed by atoms with van der Waals surface area (Å²) in [7, 11) is 0. The predicted octanol–water partition coefficient (Wildman–Crippen LogP) is 4.63. The molecule has 0 bridgehead atoms. The number of hydrogen-bond acceptors (Lipinski definition) is 3. The number of hydrogen-bond donors (Lipinski definition) is 1. The van der Waals surface area contributed by atoms with Gasteiger partial charge in [0.2, 0.25) is 0 Å². The van der Waals surface area contributed by atoms with Crippen LogP contribution in [0.25, 0.3) is 0 Å². The van der Waals surface area contributed by atoms with E-state index in [4.69, 9.17) is 0 Å². The first-order chi connectivity index (χ1) is 11.2. The average molecular weight is 393 g/mol. The van der Waals surface area contributed by atoms with Crippen molar-refractivity contribution in [1.82, 2.24) is 9.88 Å². The quantitative estimate of drug-likeness (QED) is 0.826. The highest BCUT2D eigenvalue weighted by atomic mass is 79.9. The molecule has 0 aliphatic carbocycles. The van der Waals surface area contributed by atoms with E-state index < -0.39 is 5.67 Å². The Balaban J connectivity index is 2.11. The second-order valence-corrected chi connectivity index (χ2v) is 8.05. The van der Waals surface area contributed by atoms with Gasteiger partial charge in [-0.2, -0.15) is 0 Å². The average Bonchev–Trinajstić information content (AvgIpc) is 2.48. The highest BCUT2D eigenvalue weighted by molar-refractivity contribution is 9.10. The van der Waals surface area contributed by atoms with Crippen LogP contribution in [0.4, 0.5) is 4.39 Å². The van der Waals surface area contributed by atoms with Gasteiger partial charge in [0.05, 0.1) is 11.7 Å². The molecule has 0 fully saturated rings. The molecule has 1 aliphatic heterocycles. The van der Waals surface area contributed by atoms with Gasteiger partial charge < -0.3 is 5.11 Å². The van der Waals surface area contributed by atoms with Crippen LogP contribution in [0.3, 0.4) is 0 Å². The molecule has 0 spiro atoms. The summed E-state index contributed by atoms with van der Waals surface area (Å²) in [5, 5.41) is 9.82. The fourth-order valence-corrected chi connectivity index (χ4v) is 3.70. The minimum atomic E-state index is -1.30. The molecule has 1 aromatic carbocycles. The molecule has 2 atom stereocenters. The van der Waals surface area contributed by atoms with Gasteiger partial charge in [-0.15, -0.1) is 0 Å². The smallest absolute Gasteiger partial charge is 0.118 e. The molecule has 128 valence electrons. The second-order valence-electron chi connectivity index (χ2n) is 7.13. The topological polar surface area (TPSA) is 36.4 Å². The predicted molar refractivity (Wildman–Crippen MR) is 96.9 cm³/mol. The summed E-state index contributed by atoms with van der Waals surface area (Å²) in [6.07, 6.45) is 2.56. The van der Waals surface area contributed by atoms with E-state index in [2.05, 4.69) is 32.7 Å². The lowest BCUT2D eigenvalue weighted by molar-refractivity contribution is 0.0663. The Labute approximate surface area is 150 Å². The van der Waals surface area contributed by atoms with E-state index in [1.54, 1.807) is 26.1 Å². The first kappa shape index (κ1) is 17.4. The van der Waals surface area contributed by atoms with Crippen LogP contribution in [0.1, 0.15) is 43.6 Å². The SMILES string of the molecule is CC1Cc2cc(O)ccc2C(c2ccc(Br)cn2)N1CC(C)(C)F. The van der Waals surface area contributed by atoms with Crippen molar-refractivity contribution < 1.29 is 9.50 Å². The monoisotopic (exact) mass is 392 g/mol. The number of alkyl halides is 1. The minimum absolute atomic E-state index is 0.118. The van der Waals surface area contributed by atoms with Crippen LogP contribution >= 0.6 is 15.9 Å². The number of phenolic OH excluding ortho intramolecular Hbond substituents is 1. The van der Waals surface area contributed by atoms with Gasteiger partial charge in [0.15, 0.2) is 0 Å². The number of nitrogens with zero attached hydrogens (tertiary/aromatic N) is 2. The summed E-state index contributed by atoms with van der Waals surface area (Å²) in [5.41, 5.74) is 1.78. The molecule has 2 heterocycles. The highest BCUT2D eigenvalue weighted by Crippen LogP contribution is 2.39. The van der Waals surface area contributed by atoms with Crippen LogP contribution in [-0.2, 0) is 6.42 Å². The molecule has 5 heteroatoms. The molecule has 3 rings (SSSR count). The van der Waals surface area contributed by atoms with E-state index >= 15 is 0 Å². The third kappa shape index (κ3) is 3.62. The van der Waals surface area contributed by atoms with Gasteiger partial charge in [-0.25, -0.2) is 4.39 Å². The molecule has 0 amide bonds. The Bertz CT molecular complexity index is 727. The van der Waals surface area contributed by atoms with Gasteiger partial charge in [0.1, 0.15) is 11.4 Å². The van der Waals surface area contributed by atoms with Crippen LogP contribution in [0.5, 0.6) is 5.75 Å². The summed E-state index contributed by atoms with van der Waals surface area (Å²) in [6.45, 7) is 5.65. The zero-order chi connectivity index (χ0) is 17.5. The van der Waals surface area contributed by atoms with Crippen LogP contribution in [0, 0.1) is 0 Å². The lowest BCUT2D eigenvalue weighted by Crippen LogP contribution is -2.48. The Morgan fingerprint density at radius 3 is 2.71 bits per heavy atom. The molecule has 24 heavy (non-hydrogen) atoms. The van der Waals surface area contributed by atoms with Crippen molar-refractivity contribution in [3.8, 4) is 5.75 Å². The summed E-state index contributed by atoms with van der Waals surface area (Å²) in [6, 6.07) is 9.41. The van der Waals surface area contributed by atoms with Crippen LogP contribution in [-0.4, -0.2) is 33.2 Å². The number of benzene rings is 1. The Morgan fingerprint density at radius 1 is 1.33 bits per heavy atom. The number of halogens is 2. The molecule has 1 aliphatic rings. The van der Waals surface area contributed by atoms with E-state index in [0.717, 1.165) is 27.7 Å². The maximum absolute atomic E-state index is 14.4. The maximum atomic E-state index is 14.4. The molecule has 1 N–H and O–H groups in total. The van der Waals surface area contributed by atoms with E-state index in [-0.39, 0.29) is 17.8 Å². The van der Waals surface area contributed by atoms with Crippen molar-refractivity contribution in [2.45, 2.75) is 44.9 Å². The van der Waals surface area contributed by atoms with Gasteiger partial charge in [-0.3, -0.25) is 9.88 Å². The van der Waals surface area contributed by atoms with Crippen molar-refractivity contribution in [3.05, 3.63) is 57.8 Å². The molecule has 3 nitrogen and oxygen atoms in total. The fraction of sp³-hybridized carbons (Fsp3) is 0.421. The van der Waals surface area contributed by atoms with E-state index in [1.165, 1.54) is 0 Å². The number of fused-ring (bicyclic) bond motifs is 1. The molecule has 2 aromatic rings. The van der Waals surface area contributed by atoms with Gasteiger partial charge in [-0.1, -0.05) is 6.07 Å². The van der Waals surface area contributed by atoms with Crippen molar-refractivity contribution in [3.63, 3.8) is 0 Å². The molecule has 1 aromatic heterocycles. The lowest BCUT2D eigenvalue weighted by atomic mass is 9.86. The molecule has 0 saturated heterocycles. The molecule has 2 unspecified atom stereocenters. The summed E-state index contributed by atoms with van der Waals surface area (Å²) in [5.74, 6) is 0.266. The van der Waals surface area contributed by atoms with Crippen LogP contribution < -0.4 is 0 Å². The summed E-state index contributed by atoms with van der Waals surface area (Å²) < 4.78 is 15.3. The zero-order valence-electron chi connectivity index (χ0n) is 14.1. The van der Waals surface area contributed by atoms with Crippen LogP contribution in [0.15, 0.2) is 41.0 Å². The van der Waals surface area contributed by atoms with Gasteiger partial charge in [0, 0.05) is 23.3 Å². The van der Waals surface area contributed by atoms with E-state index in [0.29, 0.717) is 6.54 Å². The van der Waals surface area contributed by atoms with Gasteiger partial charge in [0.25, 0.3) is 0 Å². The number of aromatic nitrogens is 1. The minimum Gasteiger partial charge on any atom is -0.508 e. The van der Waals surface area contributed by atoms with Crippen molar-refractivity contribution in [2.24, 2.45) is 0 Å². The second kappa shape index (κ2) is 6.45. The summed E-state index contributed by atoms with van der Waals surface area (Å²) in [4.78, 5) is 6.74. The van der Waals surface area contributed by atoms with Gasteiger partial charge in [-0.05, 0) is 78.5 Å². The third-order valence-electron chi connectivity index (χ3n) is 4.42. The number of phenols is 1. The van der Waals surface area contributed by atoms with Crippen molar-refractivity contribution in [1.29, 1.82) is 0 Å². The van der Waals surface area contributed by atoms with E-state index in [1.807, 2.05) is 24.3 Å². The van der Waals surface area contributed by atoms with E-state index in [9.17, 15) is 9.50 Å². The molecular formula is C19H22BrFN2O. The number of rotatable bonds is 3. The number of pyridine rings is 1. The Morgan fingerprint density at radius 2 is 2.08 bits per heavy atom. The molecule has 0 radical (unpaired) electrons. The molecule has 0 saturated carbocycles. The first-order valence-corrected chi connectivity index (χ1v) is 8.92. The summed E-state index contributed by atoms with van der Waals surface area (Å²) >= 11 is 3.42. The maximum Gasteiger partial charge on any atom is 0.118 e. The third-order valence-corrected chi connectivity index (χ3v) is 4.89. The van der Waals surface area contributed by atoms with Gasteiger partial charge >= 0.3 is 0 Å². The Kier molecular flexibility index (Phi) is 4.67. The van der Waals surface area contributed by atoms with Crippen molar-refractivity contribution >= 4 is 15.9 Å². The zero-order valence-corrected chi connectivity index (χ0v) is 15.7. The number of aromatic hydroxyl groups is 1. The Hall–Kier alpha value is -1.46. The lowest BCUT2D eigenvalue weighted by Gasteiger charge is -2.43. The molecular weight excluding hydrogens is 371 g/mol. The highest BCUT2D eigenvalue weighted by Gasteiger charge is 2.37. The normalized spacial score (nSPS) is 21.5. The first-order valence-electron chi connectivity index (χ1n) is 8.12. The standard InChI is InChI=1S/C19H22BrFN2O/c1-12-8-13-9-15(24)5-6-16(13)18(23(12)11-19(2,3)21)17-7-4-14(20)10-22-17/h4-7,9-10,12,18,24H,8,11H2,1-3H3. The fourth-order valence-electron chi connectivity index (χ4n) is 3.46. The van der Waals surface area contributed by atoms with Crippen molar-refractivity contribution in [2.75, 3.05) is 6.54 Å². The largest absolute Gasteiger partial charge is 0.508 e.